The summed E-state index contributed by atoms with van der Waals surface area (Å²) >= 11 is 0. The maximum Gasteiger partial charge on any atom is 0.169 e. The molecule has 0 aromatic heterocycles. The normalized spacial score (nSPS) is 36.2. The van der Waals surface area contributed by atoms with E-state index in [2.05, 4.69) is 0 Å². The van der Waals surface area contributed by atoms with Crippen LogP contribution in [0.2, 0.25) is 0 Å². The Bertz CT molecular complexity index is 429. The number of carbonyl (C=O) groups excluding carboxylic acids is 1. The van der Waals surface area contributed by atoms with Crippen molar-refractivity contribution in [3.8, 4) is 0 Å². The minimum Gasteiger partial charge on any atom is -0.382 e. The molecule has 3 rings (SSSR count). The Hall–Kier alpha value is -1.19. The van der Waals surface area contributed by atoms with Crippen molar-refractivity contribution >= 4 is 5.78 Å². The van der Waals surface area contributed by atoms with E-state index in [1.807, 2.05) is 30.3 Å². The van der Waals surface area contributed by atoms with E-state index in [0.717, 1.165) is 31.2 Å². The van der Waals surface area contributed by atoms with Gasteiger partial charge in [-0.2, -0.15) is 0 Å². The molecule has 0 radical (unpaired) electrons. The molecule has 96 valence electrons. The van der Waals surface area contributed by atoms with Crippen molar-refractivity contribution in [2.24, 2.45) is 5.92 Å². The van der Waals surface area contributed by atoms with Crippen LogP contribution in [0, 0.1) is 5.92 Å². The lowest BCUT2D eigenvalue weighted by atomic mass is 9.78. The van der Waals surface area contributed by atoms with E-state index in [1.165, 1.54) is 0 Å². The maximum absolute atomic E-state index is 12.2. The minimum atomic E-state index is -1.01. The lowest BCUT2D eigenvalue weighted by Gasteiger charge is -2.41. The van der Waals surface area contributed by atoms with Crippen LogP contribution >= 0.6 is 0 Å². The Morgan fingerprint density at radius 1 is 1.11 bits per heavy atom. The van der Waals surface area contributed by atoms with Crippen molar-refractivity contribution in [2.75, 3.05) is 0 Å². The van der Waals surface area contributed by atoms with E-state index >= 15 is 0 Å². The van der Waals surface area contributed by atoms with E-state index in [-0.39, 0.29) is 17.8 Å². The zero-order valence-electron chi connectivity index (χ0n) is 10.3. The molecule has 1 aromatic carbocycles. The highest BCUT2D eigenvalue weighted by atomic mass is 16.5. The van der Waals surface area contributed by atoms with Crippen LogP contribution in [0.3, 0.4) is 0 Å². The summed E-state index contributed by atoms with van der Waals surface area (Å²) in [5.74, 6) is -0.117. The number of hydrogen-bond donors (Lipinski definition) is 1. The molecule has 2 aliphatic rings. The summed E-state index contributed by atoms with van der Waals surface area (Å²) in [5, 5.41) is 10.2. The smallest absolute Gasteiger partial charge is 0.169 e. The highest BCUT2D eigenvalue weighted by molar-refractivity contribution is 5.87. The molecule has 18 heavy (non-hydrogen) atoms. The fourth-order valence-electron chi connectivity index (χ4n) is 3.12. The van der Waals surface area contributed by atoms with E-state index in [4.69, 9.17) is 4.74 Å². The number of Topliss-reactive ketones (excluding diaryl/α,β-unsaturated/α-hetero) is 1. The van der Waals surface area contributed by atoms with Crippen LogP contribution in [-0.4, -0.2) is 23.1 Å². The minimum absolute atomic E-state index is 0.000133. The Morgan fingerprint density at radius 3 is 2.61 bits per heavy atom. The summed E-state index contributed by atoms with van der Waals surface area (Å²) in [6, 6.07) is 9.55. The predicted octanol–water partition coefficient (Wildman–Crippen LogP) is 2.25. The van der Waals surface area contributed by atoms with Gasteiger partial charge in [0.15, 0.2) is 5.78 Å². The van der Waals surface area contributed by atoms with Gasteiger partial charge >= 0.3 is 0 Å². The maximum atomic E-state index is 12.2. The van der Waals surface area contributed by atoms with Gasteiger partial charge in [-0.3, -0.25) is 4.79 Å². The molecule has 1 aliphatic heterocycles. The lowest BCUT2D eigenvalue weighted by molar-refractivity contribution is -0.176. The highest BCUT2D eigenvalue weighted by Gasteiger charge is 2.45. The van der Waals surface area contributed by atoms with Gasteiger partial charge in [0.2, 0.25) is 0 Å². The van der Waals surface area contributed by atoms with Crippen LogP contribution in [0.15, 0.2) is 30.3 Å². The van der Waals surface area contributed by atoms with E-state index in [9.17, 15) is 9.90 Å². The molecule has 0 amide bonds. The quantitative estimate of drug-likeness (QED) is 0.826. The Labute approximate surface area is 107 Å². The fourth-order valence-corrected chi connectivity index (χ4v) is 3.12. The van der Waals surface area contributed by atoms with Crippen LogP contribution in [-0.2, 0) is 9.53 Å². The van der Waals surface area contributed by atoms with Crippen LogP contribution < -0.4 is 0 Å². The molecule has 1 aliphatic carbocycles. The average Bonchev–Trinajstić information content (AvgIpc) is 2.44. The zero-order valence-corrected chi connectivity index (χ0v) is 10.3. The first-order chi connectivity index (χ1) is 8.77. The molecule has 4 unspecified atom stereocenters. The van der Waals surface area contributed by atoms with Crippen molar-refractivity contribution in [3.05, 3.63) is 35.9 Å². The summed E-state index contributed by atoms with van der Waals surface area (Å²) in [6.07, 6.45) is 2.49. The number of carbonyl (C=O) groups is 1. The second-order valence-corrected chi connectivity index (χ2v) is 5.24. The van der Waals surface area contributed by atoms with Gasteiger partial charge < -0.3 is 9.84 Å². The summed E-state index contributed by atoms with van der Waals surface area (Å²) in [6.45, 7) is 0. The van der Waals surface area contributed by atoms with Crippen molar-refractivity contribution in [2.45, 2.75) is 44.0 Å². The summed E-state index contributed by atoms with van der Waals surface area (Å²) in [7, 11) is 0. The third-order valence-electron chi connectivity index (χ3n) is 4.10. The molecule has 1 saturated heterocycles. The van der Waals surface area contributed by atoms with Gasteiger partial charge in [0.25, 0.3) is 0 Å². The van der Waals surface area contributed by atoms with Crippen molar-refractivity contribution < 1.29 is 14.6 Å². The van der Waals surface area contributed by atoms with E-state index < -0.39 is 12.2 Å². The Kier molecular flexibility index (Phi) is 3.18. The summed E-state index contributed by atoms with van der Waals surface area (Å²) < 4.78 is 5.99. The summed E-state index contributed by atoms with van der Waals surface area (Å²) in [4.78, 5) is 12.2. The number of hydrogen-bond acceptors (Lipinski definition) is 3. The van der Waals surface area contributed by atoms with Gasteiger partial charge in [-0.1, -0.05) is 43.2 Å². The number of fused-ring (bicyclic) bond motifs is 1. The number of ether oxygens (including phenoxy) is 1. The number of rotatable bonds is 1. The zero-order chi connectivity index (χ0) is 12.5. The van der Waals surface area contributed by atoms with Crippen LogP contribution in [0.25, 0.3) is 0 Å². The first-order valence-corrected chi connectivity index (χ1v) is 6.69. The predicted molar refractivity (Wildman–Crippen MR) is 67.0 cm³/mol. The fraction of sp³-hybridized carbons (Fsp3) is 0.533. The van der Waals surface area contributed by atoms with Gasteiger partial charge in [-0.25, -0.2) is 0 Å². The Balaban J connectivity index is 1.86. The first kappa shape index (κ1) is 11.9. The molecule has 1 heterocycles. The number of ketones is 1. The molecule has 1 N–H and O–H groups in total. The molecule has 1 saturated carbocycles. The van der Waals surface area contributed by atoms with Crippen molar-refractivity contribution in [1.29, 1.82) is 0 Å². The molecule has 0 bridgehead atoms. The van der Waals surface area contributed by atoms with Gasteiger partial charge in [-0.05, 0) is 18.4 Å². The van der Waals surface area contributed by atoms with Gasteiger partial charge in [0.05, 0.1) is 6.10 Å². The molecule has 4 atom stereocenters. The van der Waals surface area contributed by atoms with E-state index in [0.29, 0.717) is 0 Å². The number of aliphatic hydroxyl groups is 1. The molecular formula is C15H18O3. The largest absolute Gasteiger partial charge is 0.382 e. The molecule has 0 spiro atoms. The monoisotopic (exact) mass is 246 g/mol. The standard InChI is InChI=1S/C15H18O3/c16-13-11-8-4-5-9-12(11)18-15(14(13)17)10-6-2-1-3-7-10/h1-3,6-7,11-12,14-15,17H,4-5,8-9H2. The average molecular weight is 246 g/mol. The SMILES string of the molecule is O=C1C(O)C(c2ccccc2)OC2CCCCC12. The highest BCUT2D eigenvalue weighted by Crippen LogP contribution is 2.39. The van der Waals surface area contributed by atoms with E-state index in [1.54, 1.807) is 0 Å². The molecule has 3 heteroatoms. The molecule has 1 aromatic rings. The second kappa shape index (κ2) is 4.82. The van der Waals surface area contributed by atoms with Crippen LogP contribution in [0.1, 0.15) is 37.4 Å². The Morgan fingerprint density at radius 2 is 1.83 bits per heavy atom. The number of benzene rings is 1. The molecular weight excluding hydrogens is 228 g/mol. The third-order valence-corrected chi connectivity index (χ3v) is 4.10. The van der Waals surface area contributed by atoms with Gasteiger partial charge in [0, 0.05) is 5.92 Å². The van der Waals surface area contributed by atoms with Crippen LogP contribution in [0.4, 0.5) is 0 Å². The van der Waals surface area contributed by atoms with Crippen molar-refractivity contribution in [3.63, 3.8) is 0 Å². The first-order valence-electron chi connectivity index (χ1n) is 6.69. The van der Waals surface area contributed by atoms with Crippen LogP contribution in [0.5, 0.6) is 0 Å². The molecule has 3 nitrogen and oxygen atoms in total. The summed E-state index contributed by atoms with van der Waals surface area (Å²) in [5.41, 5.74) is 0.891. The lowest BCUT2D eigenvalue weighted by Crippen LogP contribution is -2.48. The van der Waals surface area contributed by atoms with Gasteiger partial charge in [-0.15, -0.1) is 0 Å². The second-order valence-electron chi connectivity index (χ2n) is 5.24. The third kappa shape index (κ3) is 1.98. The van der Waals surface area contributed by atoms with Gasteiger partial charge in [0.1, 0.15) is 12.2 Å². The molecule has 2 fully saturated rings. The topological polar surface area (TPSA) is 46.5 Å². The van der Waals surface area contributed by atoms with Crippen molar-refractivity contribution in [1.82, 2.24) is 0 Å². The number of aliphatic hydroxyl groups excluding tert-OH is 1.